The summed E-state index contributed by atoms with van der Waals surface area (Å²) in [5.41, 5.74) is 1.37. The molecule has 1 unspecified atom stereocenters. The number of halogens is 4. The molecule has 1 rings (SSSR count). The Morgan fingerprint density at radius 3 is 2.46 bits per heavy atom. The maximum absolute atomic E-state index is 5.76. The Morgan fingerprint density at radius 1 is 1.46 bits per heavy atom. The molecule has 0 aliphatic rings. The van der Waals surface area contributed by atoms with E-state index in [0.29, 0.717) is 5.69 Å². The molecule has 13 heavy (non-hydrogen) atoms. The summed E-state index contributed by atoms with van der Waals surface area (Å²) in [5.74, 6) is 0. The fraction of sp³-hybridized carbons (Fsp3) is 0.375. The van der Waals surface area contributed by atoms with E-state index in [1.165, 1.54) is 0 Å². The Bertz CT molecular complexity index is 296. The van der Waals surface area contributed by atoms with E-state index in [0.717, 1.165) is 5.56 Å². The lowest BCUT2D eigenvalue weighted by Crippen LogP contribution is -2.08. The van der Waals surface area contributed by atoms with Crippen molar-refractivity contribution in [2.24, 2.45) is 0 Å². The molecule has 1 heterocycles. The molecule has 0 aliphatic heterocycles. The number of pyridine rings is 1. The van der Waals surface area contributed by atoms with Crippen molar-refractivity contribution in [1.29, 1.82) is 0 Å². The first-order valence-corrected chi connectivity index (χ1v) is 5.64. The number of hydrogen-bond acceptors (Lipinski definition) is 1. The second kappa shape index (κ2) is 4.35. The summed E-state index contributed by atoms with van der Waals surface area (Å²) in [4.78, 5) is 4.16. The Balaban J connectivity index is 3.20. The van der Waals surface area contributed by atoms with Crippen LogP contribution in [0.5, 0.6) is 0 Å². The predicted molar refractivity (Wildman–Crippen MR) is 60.8 cm³/mol. The topological polar surface area (TPSA) is 12.9 Å². The van der Waals surface area contributed by atoms with Gasteiger partial charge in [0.1, 0.15) is 0 Å². The summed E-state index contributed by atoms with van der Waals surface area (Å²) in [6.45, 7) is 1.96. The molecule has 72 valence electrons. The van der Waals surface area contributed by atoms with Crippen molar-refractivity contribution in [3.63, 3.8) is 0 Å². The Morgan fingerprint density at radius 2 is 2.08 bits per heavy atom. The van der Waals surface area contributed by atoms with E-state index in [1.807, 2.05) is 19.1 Å². The number of aromatic nitrogens is 1. The molecule has 0 radical (unpaired) electrons. The summed E-state index contributed by atoms with van der Waals surface area (Å²) in [7, 11) is 0. The molecule has 0 spiro atoms. The van der Waals surface area contributed by atoms with Gasteiger partial charge in [0.15, 0.2) is 0 Å². The lowest BCUT2D eigenvalue weighted by molar-refractivity contribution is 0.984. The monoisotopic (exact) mass is 301 g/mol. The summed E-state index contributed by atoms with van der Waals surface area (Å²) >= 11 is 20.7. The van der Waals surface area contributed by atoms with Crippen LogP contribution >= 0.6 is 50.7 Å². The summed E-state index contributed by atoms with van der Waals surface area (Å²) in [5, 5.41) is 0. The van der Waals surface area contributed by atoms with Gasteiger partial charge >= 0.3 is 0 Å². The van der Waals surface area contributed by atoms with Crippen LogP contribution in [0.4, 0.5) is 0 Å². The van der Waals surface area contributed by atoms with E-state index >= 15 is 0 Å². The minimum atomic E-state index is -1.46. The molecule has 0 bridgehead atoms. The third-order valence-corrected chi connectivity index (χ3v) is 2.57. The summed E-state index contributed by atoms with van der Waals surface area (Å²) < 4.78 is -1.46. The first-order valence-electron chi connectivity index (χ1n) is 3.59. The molecule has 0 amide bonds. The van der Waals surface area contributed by atoms with Crippen LogP contribution in [0.3, 0.4) is 0 Å². The Labute approximate surface area is 101 Å². The van der Waals surface area contributed by atoms with Gasteiger partial charge in [-0.1, -0.05) is 56.8 Å². The predicted octanol–water partition coefficient (Wildman–Crippen LogP) is 4.36. The number of rotatable bonds is 1. The molecule has 0 aromatic carbocycles. The smallest absolute Gasteiger partial charge is 0.232 e. The quantitative estimate of drug-likeness (QED) is 0.702. The first kappa shape index (κ1) is 11.6. The second-order valence-corrected chi connectivity index (χ2v) is 6.21. The molecule has 0 saturated heterocycles. The number of hydrogen-bond donors (Lipinski definition) is 0. The molecule has 0 saturated carbocycles. The van der Waals surface area contributed by atoms with Gasteiger partial charge in [0.25, 0.3) is 0 Å². The highest BCUT2D eigenvalue weighted by Crippen LogP contribution is 2.41. The number of alkyl halides is 4. The molecule has 0 aliphatic carbocycles. The van der Waals surface area contributed by atoms with Gasteiger partial charge in [-0.3, -0.25) is 4.98 Å². The fourth-order valence-corrected chi connectivity index (χ4v) is 1.82. The molecule has 1 atom stereocenters. The zero-order valence-electron chi connectivity index (χ0n) is 6.77. The van der Waals surface area contributed by atoms with Crippen molar-refractivity contribution in [3.05, 3.63) is 29.6 Å². The highest BCUT2D eigenvalue weighted by Gasteiger charge is 2.28. The van der Waals surface area contributed by atoms with Crippen LogP contribution in [0, 0.1) is 0 Å². The Hall–Kier alpha value is 0.500. The minimum absolute atomic E-state index is 0.117. The van der Waals surface area contributed by atoms with Crippen LogP contribution in [-0.2, 0) is 3.79 Å². The van der Waals surface area contributed by atoms with Gasteiger partial charge in [-0.15, -0.1) is 0 Å². The lowest BCUT2D eigenvalue weighted by atomic mass is 10.1. The molecule has 0 N–H and O–H groups in total. The van der Waals surface area contributed by atoms with E-state index < -0.39 is 3.79 Å². The molecule has 1 nitrogen and oxygen atoms in total. The SMILES string of the molecule is CC(Br)c1cccnc1C(Cl)(Cl)Cl. The van der Waals surface area contributed by atoms with Crippen LogP contribution in [0.15, 0.2) is 18.3 Å². The van der Waals surface area contributed by atoms with Crippen LogP contribution in [0.2, 0.25) is 0 Å². The van der Waals surface area contributed by atoms with E-state index in [9.17, 15) is 0 Å². The van der Waals surface area contributed by atoms with Gasteiger partial charge in [0.05, 0.1) is 5.69 Å². The zero-order valence-corrected chi connectivity index (χ0v) is 10.6. The van der Waals surface area contributed by atoms with Gasteiger partial charge in [-0.25, -0.2) is 0 Å². The summed E-state index contributed by atoms with van der Waals surface area (Å²) in [6.07, 6.45) is 1.61. The highest BCUT2D eigenvalue weighted by atomic mass is 79.9. The summed E-state index contributed by atoms with van der Waals surface area (Å²) in [6, 6.07) is 3.69. The lowest BCUT2D eigenvalue weighted by Gasteiger charge is -2.15. The molecule has 1 aromatic heterocycles. The second-order valence-electron chi connectivity index (χ2n) is 2.55. The largest absolute Gasteiger partial charge is 0.256 e. The van der Waals surface area contributed by atoms with Crippen LogP contribution in [-0.4, -0.2) is 4.98 Å². The van der Waals surface area contributed by atoms with Crippen molar-refractivity contribution >= 4 is 50.7 Å². The molecular weight excluding hydrogens is 296 g/mol. The molecule has 0 fully saturated rings. The standard InChI is InChI=1S/C8H7BrCl3N/c1-5(9)6-3-2-4-13-7(6)8(10,11)12/h2-5H,1H3. The van der Waals surface area contributed by atoms with Crippen molar-refractivity contribution in [2.45, 2.75) is 15.5 Å². The maximum Gasteiger partial charge on any atom is 0.232 e. The average molecular weight is 303 g/mol. The van der Waals surface area contributed by atoms with Gasteiger partial charge in [0.2, 0.25) is 3.79 Å². The maximum atomic E-state index is 5.76. The zero-order chi connectivity index (χ0) is 10.1. The van der Waals surface area contributed by atoms with Crippen molar-refractivity contribution in [2.75, 3.05) is 0 Å². The van der Waals surface area contributed by atoms with E-state index in [4.69, 9.17) is 34.8 Å². The number of nitrogens with zero attached hydrogens (tertiary/aromatic N) is 1. The normalized spacial score (nSPS) is 14.2. The van der Waals surface area contributed by atoms with E-state index in [2.05, 4.69) is 20.9 Å². The minimum Gasteiger partial charge on any atom is -0.256 e. The fourth-order valence-electron chi connectivity index (χ4n) is 0.976. The van der Waals surface area contributed by atoms with Crippen LogP contribution in [0.1, 0.15) is 23.0 Å². The van der Waals surface area contributed by atoms with Gasteiger partial charge in [-0.2, -0.15) is 0 Å². The third kappa shape index (κ3) is 2.98. The average Bonchev–Trinajstić information content (AvgIpc) is 2.03. The molecule has 1 aromatic rings. The molecular formula is C8H7BrCl3N. The Kier molecular flexibility index (Phi) is 3.87. The van der Waals surface area contributed by atoms with Gasteiger partial charge in [-0.05, 0) is 18.6 Å². The van der Waals surface area contributed by atoms with E-state index in [-0.39, 0.29) is 4.83 Å². The highest BCUT2D eigenvalue weighted by molar-refractivity contribution is 9.09. The van der Waals surface area contributed by atoms with Crippen molar-refractivity contribution < 1.29 is 0 Å². The van der Waals surface area contributed by atoms with Crippen molar-refractivity contribution in [3.8, 4) is 0 Å². The van der Waals surface area contributed by atoms with Gasteiger partial charge < -0.3 is 0 Å². The van der Waals surface area contributed by atoms with E-state index in [1.54, 1.807) is 6.20 Å². The third-order valence-electron chi connectivity index (χ3n) is 1.54. The van der Waals surface area contributed by atoms with Crippen LogP contribution < -0.4 is 0 Å². The van der Waals surface area contributed by atoms with Crippen molar-refractivity contribution in [1.82, 2.24) is 4.98 Å². The van der Waals surface area contributed by atoms with Gasteiger partial charge in [0, 0.05) is 11.0 Å². The first-order chi connectivity index (χ1) is 5.93. The molecule has 5 heteroatoms. The van der Waals surface area contributed by atoms with Crippen LogP contribution in [0.25, 0.3) is 0 Å².